The van der Waals surface area contributed by atoms with Crippen LogP contribution in [0.3, 0.4) is 0 Å². The first-order chi connectivity index (χ1) is 9.52. The van der Waals surface area contributed by atoms with Crippen molar-refractivity contribution < 1.29 is 4.79 Å². The van der Waals surface area contributed by atoms with Gasteiger partial charge < -0.3 is 4.90 Å². The lowest BCUT2D eigenvalue weighted by molar-refractivity contribution is 0.0740. The van der Waals surface area contributed by atoms with Gasteiger partial charge in [-0.15, -0.1) is 0 Å². The van der Waals surface area contributed by atoms with Crippen molar-refractivity contribution in [3.8, 4) is 0 Å². The highest BCUT2D eigenvalue weighted by atomic mass is 35.5. The zero-order valence-electron chi connectivity index (χ0n) is 12.1. The van der Waals surface area contributed by atoms with Crippen molar-refractivity contribution in [2.24, 2.45) is 5.92 Å². The van der Waals surface area contributed by atoms with Gasteiger partial charge in [0.05, 0.1) is 10.5 Å². The van der Waals surface area contributed by atoms with E-state index in [1.807, 2.05) is 31.2 Å². The molecule has 1 amide bonds. The first-order valence-electron chi connectivity index (χ1n) is 6.87. The molecule has 0 N–H and O–H groups in total. The number of benzene rings is 1. The largest absolute Gasteiger partial charge is 0.337 e. The summed E-state index contributed by atoms with van der Waals surface area (Å²) < 4.78 is 0. The Morgan fingerprint density at radius 2 is 2.05 bits per heavy atom. The summed E-state index contributed by atoms with van der Waals surface area (Å²) >= 11 is 6.25. The second kappa shape index (κ2) is 6.23. The SMILES string of the molecule is CCN(CC(C)C)C(=O)c1cc(Cl)c2ccccc2n1. The van der Waals surface area contributed by atoms with Crippen molar-refractivity contribution in [2.75, 3.05) is 13.1 Å². The molecule has 0 bridgehead atoms. The fourth-order valence-electron chi connectivity index (χ4n) is 2.20. The Labute approximate surface area is 124 Å². The van der Waals surface area contributed by atoms with Gasteiger partial charge in [0.2, 0.25) is 0 Å². The van der Waals surface area contributed by atoms with Gasteiger partial charge in [-0.2, -0.15) is 0 Å². The van der Waals surface area contributed by atoms with E-state index in [0.717, 1.165) is 17.4 Å². The molecular weight excluding hydrogens is 272 g/mol. The van der Waals surface area contributed by atoms with Gasteiger partial charge in [-0.1, -0.05) is 43.6 Å². The summed E-state index contributed by atoms with van der Waals surface area (Å²) in [6, 6.07) is 9.25. The monoisotopic (exact) mass is 290 g/mol. The molecule has 1 heterocycles. The Bertz CT molecular complexity index is 625. The molecule has 3 nitrogen and oxygen atoms in total. The van der Waals surface area contributed by atoms with Gasteiger partial charge in [-0.3, -0.25) is 4.79 Å². The maximum Gasteiger partial charge on any atom is 0.272 e. The Hall–Kier alpha value is -1.61. The first-order valence-corrected chi connectivity index (χ1v) is 7.25. The normalized spacial score (nSPS) is 11.1. The topological polar surface area (TPSA) is 33.2 Å². The average molecular weight is 291 g/mol. The number of halogens is 1. The molecule has 2 aromatic rings. The Kier molecular flexibility index (Phi) is 4.61. The molecule has 1 aromatic heterocycles. The van der Waals surface area contributed by atoms with Crippen LogP contribution in [0.1, 0.15) is 31.3 Å². The maximum atomic E-state index is 12.5. The predicted octanol–water partition coefficient (Wildman–Crippen LogP) is 4.01. The summed E-state index contributed by atoms with van der Waals surface area (Å²) in [4.78, 5) is 18.8. The molecule has 0 saturated heterocycles. The summed E-state index contributed by atoms with van der Waals surface area (Å²) in [7, 11) is 0. The molecule has 0 fully saturated rings. The molecule has 0 saturated carbocycles. The van der Waals surface area contributed by atoms with E-state index in [9.17, 15) is 4.79 Å². The Balaban J connectivity index is 2.39. The molecule has 0 aliphatic carbocycles. The van der Waals surface area contributed by atoms with Crippen LogP contribution in [0.4, 0.5) is 0 Å². The number of nitrogens with zero attached hydrogens (tertiary/aromatic N) is 2. The minimum atomic E-state index is -0.0612. The van der Waals surface area contributed by atoms with E-state index < -0.39 is 0 Å². The van der Waals surface area contributed by atoms with Crippen molar-refractivity contribution in [3.63, 3.8) is 0 Å². The van der Waals surface area contributed by atoms with Gasteiger partial charge in [0.1, 0.15) is 5.69 Å². The third-order valence-electron chi connectivity index (χ3n) is 3.14. The molecular formula is C16H19ClN2O. The predicted molar refractivity (Wildman–Crippen MR) is 83.2 cm³/mol. The van der Waals surface area contributed by atoms with Crippen molar-refractivity contribution in [1.82, 2.24) is 9.88 Å². The summed E-state index contributed by atoms with van der Waals surface area (Å²) in [5, 5.41) is 1.44. The van der Waals surface area contributed by atoms with E-state index in [4.69, 9.17) is 11.6 Å². The third kappa shape index (κ3) is 3.10. The minimum absolute atomic E-state index is 0.0612. The van der Waals surface area contributed by atoms with Crippen LogP contribution in [0, 0.1) is 5.92 Å². The van der Waals surface area contributed by atoms with Gasteiger partial charge in [-0.05, 0) is 25.0 Å². The zero-order valence-corrected chi connectivity index (χ0v) is 12.8. The lowest BCUT2D eigenvalue weighted by Crippen LogP contribution is -2.34. The van der Waals surface area contributed by atoms with E-state index >= 15 is 0 Å². The van der Waals surface area contributed by atoms with Crippen LogP contribution in [-0.4, -0.2) is 28.9 Å². The number of hydrogen-bond donors (Lipinski definition) is 0. The number of pyridine rings is 1. The van der Waals surface area contributed by atoms with E-state index in [0.29, 0.717) is 23.2 Å². The molecule has 20 heavy (non-hydrogen) atoms. The molecule has 0 radical (unpaired) electrons. The van der Waals surface area contributed by atoms with Crippen LogP contribution in [0.2, 0.25) is 5.02 Å². The number of fused-ring (bicyclic) bond motifs is 1. The number of amides is 1. The number of carbonyl (C=O) groups is 1. The average Bonchev–Trinajstić information content (AvgIpc) is 2.43. The second-order valence-corrected chi connectivity index (χ2v) is 5.65. The Morgan fingerprint density at radius 3 is 2.70 bits per heavy atom. The fourth-order valence-corrected chi connectivity index (χ4v) is 2.46. The van der Waals surface area contributed by atoms with Crippen molar-refractivity contribution >= 4 is 28.4 Å². The zero-order chi connectivity index (χ0) is 14.7. The summed E-state index contributed by atoms with van der Waals surface area (Å²) in [6.07, 6.45) is 0. The first kappa shape index (κ1) is 14.8. The molecule has 4 heteroatoms. The molecule has 2 rings (SSSR count). The van der Waals surface area contributed by atoms with Crippen LogP contribution in [0.25, 0.3) is 10.9 Å². The number of para-hydroxylation sites is 1. The molecule has 0 aliphatic rings. The lowest BCUT2D eigenvalue weighted by atomic mass is 10.1. The standard InChI is InChI=1S/C16H19ClN2O/c1-4-19(10-11(2)3)16(20)15-9-13(17)12-7-5-6-8-14(12)18-15/h5-9,11H,4,10H2,1-3H3. The van der Waals surface area contributed by atoms with Crippen LogP contribution in [0.5, 0.6) is 0 Å². The van der Waals surface area contributed by atoms with Gasteiger partial charge in [0.25, 0.3) is 5.91 Å². The van der Waals surface area contributed by atoms with Crippen LogP contribution < -0.4 is 0 Å². The van der Waals surface area contributed by atoms with Crippen LogP contribution >= 0.6 is 11.6 Å². The molecule has 0 spiro atoms. The van der Waals surface area contributed by atoms with Gasteiger partial charge in [0, 0.05) is 18.5 Å². The Morgan fingerprint density at radius 1 is 1.35 bits per heavy atom. The van der Waals surface area contributed by atoms with Crippen molar-refractivity contribution in [2.45, 2.75) is 20.8 Å². The highest BCUT2D eigenvalue weighted by molar-refractivity contribution is 6.35. The molecule has 0 aliphatic heterocycles. The van der Waals surface area contributed by atoms with Crippen LogP contribution in [-0.2, 0) is 0 Å². The van der Waals surface area contributed by atoms with E-state index in [1.165, 1.54) is 0 Å². The quantitative estimate of drug-likeness (QED) is 0.852. The molecule has 1 aromatic carbocycles. The summed E-state index contributed by atoms with van der Waals surface area (Å²) in [5.74, 6) is 0.365. The maximum absolute atomic E-state index is 12.5. The molecule has 0 atom stereocenters. The van der Waals surface area contributed by atoms with Crippen molar-refractivity contribution in [1.29, 1.82) is 0 Å². The summed E-state index contributed by atoms with van der Waals surface area (Å²) in [5.41, 5.74) is 1.17. The lowest BCUT2D eigenvalue weighted by Gasteiger charge is -2.22. The number of hydrogen-bond acceptors (Lipinski definition) is 2. The molecule has 0 unspecified atom stereocenters. The smallest absolute Gasteiger partial charge is 0.272 e. The van der Waals surface area contributed by atoms with Crippen molar-refractivity contribution in [3.05, 3.63) is 41.0 Å². The summed E-state index contributed by atoms with van der Waals surface area (Å²) in [6.45, 7) is 7.56. The van der Waals surface area contributed by atoms with E-state index in [1.54, 1.807) is 11.0 Å². The third-order valence-corrected chi connectivity index (χ3v) is 3.45. The minimum Gasteiger partial charge on any atom is -0.337 e. The highest BCUT2D eigenvalue weighted by Gasteiger charge is 2.18. The highest BCUT2D eigenvalue weighted by Crippen LogP contribution is 2.23. The van der Waals surface area contributed by atoms with Crippen LogP contribution in [0.15, 0.2) is 30.3 Å². The number of carbonyl (C=O) groups excluding carboxylic acids is 1. The second-order valence-electron chi connectivity index (χ2n) is 5.24. The molecule has 106 valence electrons. The fraction of sp³-hybridized carbons (Fsp3) is 0.375. The number of rotatable bonds is 4. The number of aromatic nitrogens is 1. The van der Waals surface area contributed by atoms with Gasteiger partial charge in [0.15, 0.2) is 0 Å². The van der Waals surface area contributed by atoms with E-state index in [-0.39, 0.29) is 5.91 Å². The van der Waals surface area contributed by atoms with Gasteiger partial charge in [-0.25, -0.2) is 4.98 Å². The van der Waals surface area contributed by atoms with E-state index in [2.05, 4.69) is 18.8 Å². The van der Waals surface area contributed by atoms with Gasteiger partial charge >= 0.3 is 0 Å².